The Hall–Kier alpha value is -1.65. The molecule has 4 nitrogen and oxygen atoms in total. The summed E-state index contributed by atoms with van der Waals surface area (Å²) in [6, 6.07) is 3.75. The van der Waals surface area contributed by atoms with E-state index in [0.717, 1.165) is 11.6 Å². The second-order valence-electron chi connectivity index (χ2n) is 5.53. The third-order valence-electron chi connectivity index (χ3n) is 3.35. The highest BCUT2D eigenvalue weighted by Crippen LogP contribution is 2.23. The topological polar surface area (TPSA) is 80.9 Å². The molecule has 0 aliphatic rings. The van der Waals surface area contributed by atoms with Crippen LogP contribution in [0.15, 0.2) is 35.6 Å². The van der Waals surface area contributed by atoms with Crippen molar-refractivity contribution in [1.82, 2.24) is 0 Å². The standard InChI is InChI=1S/C17H23FO4/c1-11(2)12(8-14(20)10-19)4-3-5-16(21)13-6-7-17(22)15(18)9-13/h3,6-7,9,11,14,16,19-22H,5,8,10H2,1-2H3/t4?,14-,16-/m1/s1. The minimum atomic E-state index is -0.904. The first-order chi connectivity index (χ1) is 10.3. The number of hydrogen-bond acceptors (Lipinski definition) is 4. The van der Waals surface area contributed by atoms with Crippen molar-refractivity contribution in [2.45, 2.75) is 38.9 Å². The van der Waals surface area contributed by atoms with Gasteiger partial charge in [-0.2, -0.15) is 0 Å². The Morgan fingerprint density at radius 1 is 1.32 bits per heavy atom. The molecule has 0 heterocycles. The average Bonchev–Trinajstić information content (AvgIpc) is 2.48. The van der Waals surface area contributed by atoms with E-state index in [1.165, 1.54) is 12.1 Å². The number of benzene rings is 1. The van der Waals surface area contributed by atoms with E-state index in [9.17, 15) is 14.6 Å². The number of rotatable bonds is 7. The van der Waals surface area contributed by atoms with E-state index in [1.54, 1.807) is 6.08 Å². The highest BCUT2D eigenvalue weighted by molar-refractivity contribution is 5.29. The van der Waals surface area contributed by atoms with E-state index in [1.807, 2.05) is 13.8 Å². The molecule has 4 N–H and O–H groups in total. The van der Waals surface area contributed by atoms with Crippen molar-refractivity contribution in [1.29, 1.82) is 0 Å². The zero-order valence-electron chi connectivity index (χ0n) is 12.8. The summed E-state index contributed by atoms with van der Waals surface area (Å²) in [7, 11) is 0. The van der Waals surface area contributed by atoms with Crippen LogP contribution in [0.4, 0.5) is 4.39 Å². The van der Waals surface area contributed by atoms with Gasteiger partial charge in [-0.1, -0.05) is 19.9 Å². The van der Waals surface area contributed by atoms with Crippen LogP contribution in [0, 0.1) is 11.7 Å². The first-order valence-corrected chi connectivity index (χ1v) is 7.24. The van der Waals surface area contributed by atoms with Crippen LogP contribution in [0.3, 0.4) is 0 Å². The summed E-state index contributed by atoms with van der Waals surface area (Å²) in [6.07, 6.45) is 0.451. The molecule has 1 aromatic rings. The Kier molecular flexibility index (Phi) is 7.28. The molecule has 2 atom stereocenters. The van der Waals surface area contributed by atoms with Crippen molar-refractivity contribution < 1.29 is 24.8 Å². The van der Waals surface area contributed by atoms with E-state index < -0.39 is 23.8 Å². The van der Waals surface area contributed by atoms with Gasteiger partial charge in [0.2, 0.25) is 0 Å². The van der Waals surface area contributed by atoms with Crippen LogP contribution in [-0.4, -0.2) is 33.1 Å². The molecular weight excluding hydrogens is 287 g/mol. The molecule has 0 saturated carbocycles. The quantitative estimate of drug-likeness (QED) is 0.583. The Morgan fingerprint density at radius 2 is 2.00 bits per heavy atom. The third-order valence-corrected chi connectivity index (χ3v) is 3.35. The van der Waals surface area contributed by atoms with Crippen molar-refractivity contribution >= 4 is 0 Å². The van der Waals surface area contributed by atoms with Crippen LogP contribution in [0.25, 0.3) is 0 Å². The summed E-state index contributed by atoms with van der Waals surface area (Å²) >= 11 is 0. The normalized spacial score (nSPS) is 13.6. The van der Waals surface area contributed by atoms with Crippen molar-refractivity contribution in [3.63, 3.8) is 0 Å². The second kappa shape index (κ2) is 8.71. The van der Waals surface area contributed by atoms with Gasteiger partial charge in [0.05, 0.1) is 18.8 Å². The zero-order chi connectivity index (χ0) is 16.7. The van der Waals surface area contributed by atoms with Gasteiger partial charge in [0.1, 0.15) is 0 Å². The molecule has 1 rings (SSSR count). The summed E-state index contributed by atoms with van der Waals surface area (Å²) in [4.78, 5) is 0. The smallest absolute Gasteiger partial charge is 0.165 e. The molecule has 22 heavy (non-hydrogen) atoms. The fourth-order valence-electron chi connectivity index (χ4n) is 1.95. The highest BCUT2D eigenvalue weighted by Gasteiger charge is 2.11. The molecule has 0 aromatic heterocycles. The Bertz CT molecular complexity index is 548. The Balaban J connectivity index is 2.79. The maximum absolute atomic E-state index is 13.2. The molecule has 0 aliphatic heterocycles. The van der Waals surface area contributed by atoms with E-state index in [-0.39, 0.29) is 18.9 Å². The van der Waals surface area contributed by atoms with Gasteiger partial charge < -0.3 is 20.4 Å². The number of aromatic hydroxyl groups is 1. The largest absolute Gasteiger partial charge is 0.505 e. The van der Waals surface area contributed by atoms with Gasteiger partial charge in [-0.25, -0.2) is 4.39 Å². The van der Waals surface area contributed by atoms with Crippen LogP contribution < -0.4 is 0 Å². The van der Waals surface area contributed by atoms with E-state index >= 15 is 0 Å². The van der Waals surface area contributed by atoms with E-state index in [0.29, 0.717) is 12.0 Å². The first kappa shape index (κ1) is 18.4. The number of phenolic OH excluding ortho intramolecular Hbond substituents is 1. The van der Waals surface area contributed by atoms with Crippen LogP contribution in [-0.2, 0) is 0 Å². The number of aliphatic hydroxyl groups is 3. The lowest BCUT2D eigenvalue weighted by atomic mass is 9.97. The number of aliphatic hydroxyl groups excluding tert-OH is 3. The van der Waals surface area contributed by atoms with Gasteiger partial charge in [-0.05, 0) is 35.3 Å². The predicted octanol–water partition coefficient (Wildman–Crippen LogP) is 2.44. The van der Waals surface area contributed by atoms with Crippen molar-refractivity contribution in [2.75, 3.05) is 6.61 Å². The summed E-state index contributed by atoms with van der Waals surface area (Å²) in [5.41, 5.74) is 4.24. The Morgan fingerprint density at radius 3 is 2.55 bits per heavy atom. The SMILES string of the molecule is CC(C)C(=C=CC[C@@H](O)c1ccc(O)c(F)c1)C[C@@H](O)CO. The molecule has 0 bridgehead atoms. The average molecular weight is 310 g/mol. The van der Waals surface area contributed by atoms with Crippen LogP contribution in [0.2, 0.25) is 0 Å². The van der Waals surface area contributed by atoms with Gasteiger partial charge >= 0.3 is 0 Å². The lowest BCUT2D eigenvalue weighted by molar-refractivity contribution is 0.0939. The molecule has 0 amide bonds. The molecular formula is C17H23FO4. The van der Waals surface area contributed by atoms with Crippen LogP contribution in [0.1, 0.15) is 38.4 Å². The minimum absolute atomic E-state index is 0.153. The monoisotopic (exact) mass is 310 g/mol. The summed E-state index contributed by atoms with van der Waals surface area (Å²) < 4.78 is 13.2. The fourth-order valence-corrected chi connectivity index (χ4v) is 1.95. The maximum atomic E-state index is 13.2. The molecule has 0 saturated heterocycles. The minimum Gasteiger partial charge on any atom is -0.505 e. The molecule has 0 unspecified atom stereocenters. The number of phenols is 1. The first-order valence-electron chi connectivity index (χ1n) is 7.24. The summed E-state index contributed by atoms with van der Waals surface area (Å²) in [6.45, 7) is 3.59. The second-order valence-corrected chi connectivity index (χ2v) is 5.53. The highest BCUT2D eigenvalue weighted by atomic mass is 19.1. The van der Waals surface area contributed by atoms with Crippen molar-refractivity contribution in [2.24, 2.45) is 5.92 Å². The van der Waals surface area contributed by atoms with Gasteiger partial charge in [0.25, 0.3) is 0 Å². The summed E-state index contributed by atoms with van der Waals surface area (Å²) in [5, 5.41) is 37.5. The molecule has 122 valence electrons. The van der Waals surface area contributed by atoms with Crippen LogP contribution in [0.5, 0.6) is 5.75 Å². The molecule has 0 aliphatic carbocycles. The van der Waals surface area contributed by atoms with E-state index in [4.69, 9.17) is 10.2 Å². The molecule has 0 fully saturated rings. The lowest BCUT2D eigenvalue weighted by Gasteiger charge is -2.12. The van der Waals surface area contributed by atoms with Crippen molar-refractivity contribution in [3.8, 4) is 5.75 Å². The van der Waals surface area contributed by atoms with Crippen LogP contribution >= 0.6 is 0 Å². The predicted molar refractivity (Wildman–Crippen MR) is 81.8 cm³/mol. The Labute approximate surface area is 129 Å². The third kappa shape index (κ3) is 5.62. The van der Waals surface area contributed by atoms with E-state index in [2.05, 4.69) is 5.73 Å². The van der Waals surface area contributed by atoms with Gasteiger partial charge in [0.15, 0.2) is 11.6 Å². The molecule has 5 heteroatoms. The number of halogens is 1. The number of hydrogen-bond donors (Lipinski definition) is 4. The van der Waals surface area contributed by atoms with Gasteiger partial charge in [-0.3, -0.25) is 0 Å². The maximum Gasteiger partial charge on any atom is 0.165 e. The van der Waals surface area contributed by atoms with Gasteiger partial charge in [0, 0.05) is 12.8 Å². The molecule has 0 radical (unpaired) electrons. The van der Waals surface area contributed by atoms with Gasteiger partial charge in [-0.15, -0.1) is 5.73 Å². The summed E-state index contributed by atoms with van der Waals surface area (Å²) in [5.74, 6) is -1.07. The van der Waals surface area contributed by atoms with Crippen molar-refractivity contribution in [3.05, 3.63) is 47.0 Å². The molecule has 0 spiro atoms. The fraction of sp³-hybridized carbons (Fsp3) is 0.471. The molecule has 1 aromatic carbocycles. The zero-order valence-corrected chi connectivity index (χ0v) is 12.8. The lowest BCUT2D eigenvalue weighted by Crippen LogP contribution is -2.14.